The third-order valence-electron chi connectivity index (χ3n) is 1.82. The van der Waals surface area contributed by atoms with Crippen LogP contribution in [0.25, 0.3) is 0 Å². The number of ether oxygens (including phenoxy) is 1. The van der Waals surface area contributed by atoms with E-state index in [-0.39, 0.29) is 12.5 Å². The Labute approximate surface area is 94.4 Å². The van der Waals surface area contributed by atoms with Gasteiger partial charge in [-0.05, 0) is 13.8 Å². The van der Waals surface area contributed by atoms with Gasteiger partial charge >= 0.3 is 0 Å². The van der Waals surface area contributed by atoms with Crippen molar-refractivity contribution in [1.82, 2.24) is 15.3 Å². The van der Waals surface area contributed by atoms with E-state index < -0.39 is 0 Å². The van der Waals surface area contributed by atoms with Crippen LogP contribution in [0.2, 0.25) is 0 Å². The summed E-state index contributed by atoms with van der Waals surface area (Å²) in [6, 6.07) is 1.72. The summed E-state index contributed by atoms with van der Waals surface area (Å²) in [5, 5.41) is 5.50. The first-order valence-corrected chi connectivity index (χ1v) is 5.06. The van der Waals surface area contributed by atoms with Crippen LogP contribution in [-0.4, -0.2) is 36.1 Å². The van der Waals surface area contributed by atoms with Gasteiger partial charge in [-0.15, -0.1) is 0 Å². The van der Waals surface area contributed by atoms with Crippen molar-refractivity contribution in [2.75, 3.05) is 25.5 Å². The van der Waals surface area contributed by atoms with Crippen molar-refractivity contribution >= 4 is 11.9 Å². The molecule has 1 heterocycles. The molecule has 88 valence electrons. The molecule has 0 aliphatic carbocycles. The highest BCUT2D eigenvalue weighted by atomic mass is 16.5. The van der Waals surface area contributed by atoms with Crippen LogP contribution in [0.4, 0.5) is 5.95 Å². The predicted octanol–water partition coefficient (Wildman–Crippen LogP) is 0.342. The molecule has 0 saturated carbocycles. The number of methoxy groups -OCH3 is 1. The standard InChI is InChI=1S/C10H16N4O2/c1-4-11-8(15)6-12-10-13-7(2)5-9(14-10)16-3/h5H,4,6H2,1-3H3,(H,11,15)(H,12,13,14). The molecule has 1 amide bonds. The SMILES string of the molecule is CCNC(=O)CNc1nc(C)cc(OC)n1. The molecular formula is C10H16N4O2. The Morgan fingerprint density at radius 3 is 2.88 bits per heavy atom. The number of anilines is 1. The van der Waals surface area contributed by atoms with Crippen LogP contribution in [0.15, 0.2) is 6.07 Å². The van der Waals surface area contributed by atoms with Gasteiger partial charge in [-0.2, -0.15) is 4.98 Å². The molecule has 0 fully saturated rings. The smallest absolute Gasteiger partial charge is 0.239 e. The number of nitrogens with zero attached hydrogens (tertiary/aromatic N) is 2. The molecule has 0 radical (unpaired) electrons. The molecule has 0 bridgehead atoms. The number of aryl methyl sites for hydroxylation is 1. The van der Waals surface area contributed by atoms with E-state index in [1.807, 2.05) is 13.8 Å². The largest absolute Gasteiger partial charge is 0.481 e. The summed E-state index contributed by atoms with van der Waals surface area (Å²) in [5.41, 5.74) is 0.783. The molecule has 1 aromatic heterocycles. The van der Waals surface area contributed by atoms with E-state index in [0.717, 1.165) is 5.69 Å². The van der Waals surface area contributed by atoms with Gasteiger partial charge in [0.25, 0.3) is 0 Å². The Bertz CT molecular complexity index is 368. The molecule has 2 N–H and O–H groups in total. The Morgan fingerprint density at radius 1 is 1.50 bits per heavy atom. The zero-order chi connectivity index (χ0) is 12.0. The van der Waals surface area contributed by atoms with E-state index in [1.165, 1.54) is 7.11 Å². The molecule has 0 aliphatic rings. The van der Waals surface area contributed by atoms with Gasteiger partial charge in [0.05, 0.1) is 13.7 Å². The maximum atomic E-state index is 11.2. The Morgan fingerprint density at radius 2 is 2.25 bits per heavy atom. The minimum absolute atomic E-state index is 0.0911. The Kier molecular flexibility index (Phi) is 4.50. The lowest BCUT2D eigenvalue weighted by Crippen LogP contribution is -2.29. The summed E-state index contributed by atoms with van der Waals surface area (Å²) < 4.78 is 5.00. The number of hydrogen-bond donors (Lipinski definition) is 2. The summed E-state index contributed by atoms with van der Waals surface area (Å²) >= 11 is 0. The third kappa shape index (κ3) is 3.72. The second-order valence-corrected chi connectivity index (χ2v) is 3.18. The molecule has 0 aliphatic heterocycles. The number of nitrogens with one attached hydrogen (secondary N) is 2. The lowest BCUT2D eigenvalue weighted by Gasteiger charge is -2.07. The van der Waals surface area contributed by atoms with E-state index in [9.17, 15) is 4.79 Å². The van der Waals surface area contributed by atoms with E-state index in [4.69, 9.17) is 4.74 Å². The fraction of sp³-hybridized carbons (Fsp3) is 0.500. The second kappa shape index (κ2) is 5.89. The molecule has 0 saturated heterocycles. The maximum absolute atomic E-state index is 11.2. The summed E-state index contributed by atoms with van der Waals surface area (Å²) in [5.74, 6) is 0.778. The highest BCUT2D eigenvalue weighted by Gasteiger charge is 2.04. The van der Waals surface area contributed by atoms with Crippen LogP contribution >= 0.6 is 0 Å². The minimum atomic E-state index is -0.0911. The lowest BCUT2D eigenvalue weighted by atomic mass is 10.4. The highest BCUT2D eigenvalue weighted by Crippen LogP contribution is 2.10. The molecule has 1 rings (SSSR count). The first-order valence-electron chi connectivity index (χ1n) is 5.06. The van der Waals surface area contributed by atoms with Gasteiger partial charge in [-0.25, -0.2) is 4.98 Å². The molecule has 16 heavy (non-hydrogen) atoms. The average Bonchev–Trinajstić information content (AvgIpc) is 2.26. The van der Waals surface area contributed by atoms with Crippen molar-refractivity contribution in [1.29, 1.82) is 0 Å². The van der Waals surface area contributed by atoms with Crippen LogP contribution in [0.1, 0.15) is 12.6 Å². The average molecular weight is 224 g/mol. The Hall–Kier alpha value is -1.85. The lowest BCUT2D eigenvalue weighted by molar-refractivity contribution is -0.119. The van der Waals surface area contributed by atoms with Gasteiger partial charge in [0, 0.05) is 18.3 Å². The van der Waals surface area contributed by atoms with Crippen molar-refractivity contribution in [2.24, 2.45) is 0 Å². The van der Waals surface area contributed by atoms with Crippen LogP contribution < -0.4 is 15.4 Å². The van der Waals surface area contributed by atoms with E-state index >= 15 is 0 Å². The molecule has 1 aromatic rings. The fourth-order valence-corrected chi connectivity index (χ4v) is 1.14. The zero-order valence-corrected chi connectivity index (χ0v) is 9.70. The quantitative estimate of drug-likeness (QED) is 0.754. The van der Waals surface area contributed by atoms with E-state index in [1.54, 1.807) is 6.07 Å². The minimum Gasteiger partial charge on any atom is -0.481 e. The van der Waals surface area contributed by atoms with E-state index in [2.05, 4.69) is 20.6 Å². The maximum Gasteiger partial charge on any atom is 0.239 e. The summed E-state index contributed by atoms with van der Waals surface area (Å²) in [4.78, 5) is 19.4. The topological polar surface area (TPSA) is 76.1 Å². The van der Waals surface area contributed by atoms with E-state index in [0.29, 0.717) is 18.4 Å². The van der Waals surface area contributed by atoms with Crippen molar-refractivity contribution in [3.05, 3.63) is 11.8 Å². The number of carbonyl (C=O) groups is 1. The monoisotopic (exact) mass is 224 g/mol. The van der Waals surface area contributed by atoms with Crippen LogP contribution in [0.3, 0.4) is 0 Å². The van der Waals surface area contributed by atoms with Gasteiger partial charge in [0.2, 0.25) is 17.7 Å². The van der Waals surface area contributed by atoms with Gasteiger partial charge in [-0.1, -0.05) is 0 Å². The van der Waals surface area contributed by atoms with Gasteiger partial charge in [0.1, 0.15) is 0 Å². The summed E-state index contributed by atoms with van der Waals surface area (Å²) in [7, 11) is 1.54. The molecule has 0 atom stereocenters. The molecule has 6 heteroatoms. The normalized spacial score (nSPS) is 9.69. The zero-order valence-electron chi connectivity index (χ0n) is 9.70. The highest BCUT2D eigenvalue weighted by molar-refractivity contribution is 5.80. The first kappa shape index (κ1) is 12.2. The number of likely N-dealkylation sites (N-methyl/N-ethyl adjacent to an activating group) is 1. The third-order valence-corrected chi connectivity index (χ3v) is 1.82. The summed E-state index contributed by atoms with van der Waals surface area (Å²) in [6.07, 6.45) is 0. The molecular weight excluding hydrogens is 208 g/mol. The number of hydrogen-bond acceptors (Lipinski definition) is 5. The van der Waals surface area contributed by atoms with Crippen LogP contribution in [0, 0.1) is 6.92 Å². The van der Waals surface area contributed by atoms with Crippen molar-refractivity contribution in [3.8, 4) is 5.88 Å². The fourth-order valence-electron chi connectivity index (χ4n) is 1.14. The van der Waals surface area contributed by atoms with Crippen molar-refractivity contribution in [3.63, 3.8) is 0 Å². The van der Waals surface area contributed by atoms with Crippen molar-refractivity contribution < 1.29 is 9.53 Å². The first-order chi connectivity index (χ1) is 7.65. The second-order valence-electron chi connectivity index (χ2n) is 3.18. The predicted molar refractivity (Wildman–Crippen MR) is 60.5 cm³/mol. The number of rotatable bonds is 5. The van der Waals surface area contributed by atoms with Crippen LogP contribution in [-0.2, 0) is 4.79 Å². The number of aromatic nitrogens is 2. The summed E-state index contributed by atoms with van der Waals surface area (Å²) in [6.45, 7) is 4.46. The Balaban J connectivity index is 2.59. The molecule has 0 spiro atoms. The van der Waals surface area contributed by atoms with Gasteiger partial charge in [-0.3, -0.25) is 4.79 Å². The van der Waals surface area contributed by atoms with Gasteiger partial charge in [0.15, 0.2) is 0 Å². The number of carbonyl (C=O) groups excluding carboxylic acids is 1. The molecule has 0 unspecified atom stereocenters. The molecule has 6 nitrogen and oxygen atoms in total. The van der Waals surface area contributed by atoms with Crippen molar-refractivity contribution in [2.45, 2.75) is 13.8 Å². The van der Waals surface area contributed by atoms with Gasteiger partial charge < -0.3 is 15.4 Å². The van der Waals surface area contributed by atoms with Crippen LogP contribution in [0.5, 0.6) is 5.88 Å². The molecule has 0 aromatic carbocycles. The number of amides is 1.